The Bertz CT molecular complexity index is 2660. The normalized spacial score (nSPS) is 16.2. The van der Waals surface area contributed by atoms with Gasteiger partial charge >= 0.3 is 0 Å². The van der Waals surface area contributed by atoms with E-state index in [9.17, 15) is 9.90 Å². The van der Waals surface area contributed by atoms with Gasteiger partial charge in [0.25, 0.3) is 0 Å². The van der Waals surface area contributed by atoms with Gasteiger partial charge in [0.1, 0.15) is 30.5 Å². The highest BCUT2D eigenvalue weighted by atomic mass is 32.1. The predicted octanol–water partition coefficient (Wildman–Crippen LogP) is 13.8. The van der Waals surface area contributed by atoms with Crippen LogP contribution >= 0.6 is 11.3 Å². The van der Waals surface area contributed by atoms with Crippen LogP contribution in [-0.4, -0.2) is 72.7 Å². The highest BCUT2D eigenvalue weighted by molar-refractivity contribution is 7.22. The zero-order valence-electron chi connectivity index (χ0n) is 39.0. The van der Waals surface area contributed by atoms with Crippen LogP contribution in [0.3, 0.4) is 0 Å². The Balaban J connectivity index is 0.000000179. The number of phenols is 1. The fraction of sp³-hybridized carbons (Fsp3) is 0.305. The van der Waals surface area contributed by atoms with E-state index in [1.165, 1.54) is 84.6 Å². The van der Waals surface area contributed by atoms with E-state index in [4.69, 9.17) is 9.47 Å². The summed E-state index contributed by atoms with van der Waals surface area (Å²) in [7, 11) is 0. The molecule has 0 saturated carbocycles. The summed E-state index contributed by atoms with van der Waals surface area (Å²) in [5.41, 5.74) is 8.73. The fourth-order valence-corrected chi connectivity index (χ4v) is 10.5. The van der Waals surface area contributed by atoms with Gasteiger partial charge in [-0.15, -0.1) is 11.3 Å². The first-order valence-corrected chi connectivity index (χ1v) is 24.8. The minimum absolute atomic E-state index is 0.0245. The Kier molecular flexibility index (Phi) is 15.8. The number of allylic oxidation sites excluding steroid dienone is 1. The molecule has 9 rings (SSSR count). The third-order valence-corrected chi connectivity index (χ3v) is 14.5. The molecule has 0 unspecified atom stereocenters. The zero-order chi connectivity index (χ0) is 45.8. The van der Waals surface area contributed by atoms with Crippen molar-refractivity contribution >= 4 is 38.4 Å². The van der Waals surface area contributed by atoms with E-state index in [0.29, 0.717) is 23.8 Å². The molecule has 7 heteroatoms. The molecular formula is C59H64N2O4S. The molecule has 1 N–H and O–H groups in total. The molecule has 0 radical (unpaired) electrons. The molecule has 0 spiro atoms. The van der Waals surface area contributed by atoms with Crippen molar-refractivity contribution in [2.75, 3.05) is 45.9 Å². The SMILES string of the molecule is CC/C(=C(/c1ccccc1)c1ccc(OC[C@@H](C)N2CC[C@H](CC)C2)cc1)c1ccccc1.CCC1CN(CCOc2ccc(C(=O)c3c(-c4ccccc4)sc4cc(O)ccc34)cc2)C1. The molecule has 2 aliphatic heterocycles. The van der Waals surface area contributed by atoms with Gasteiger partial charge in [-0.3, -0.25) is 14.6 Å². The van der Waals surface area contributed by atoms with Crippen LogP contribution in [-0.2, 0) is 0 Å². The van der Waals surface area contributed by atoms with Crippen molar-refractivity contribution in [1.29, 1.82) is 0 Å². The third-order valence-electron chi connectivity index (χ3n) is 13.3. The van der Waals surface area contributed by atoms with Gasteiger partial charge in [0.15, 0.2) is 5.78 Å². The smallest absolute Gasteiger partial charge is 0.195 e. The highest BCUT2D eigenvalue weighted by Crippen LogP contribution is 2.41. The lowest BCUT2D eigenvalue weighted by Gasteiger charge is -2.38. The molecule has 2 saturated heterocycles. The molecule has 2 aliphatic rings. The van der Waals surface area contributed by atoms with Crippen LogP contribution in [0.4, 0.5) is 0 Å². The summed E-state index contributed by atoms with van der Waals surface area (Å²) >= 11 is 1.53. The number of aromatic hydroxyl groups is 1. The van der Waals surface area contributed by atoms with Crippen LogP contribution in [0.1, 0.15) is 86.0 Å². The van der Waals surface area contributed by atoms with Crippen LogP contribution in [0.5, 0.6) is 17.2 Å². The molecule has 0 bridgehead atoms. The fourth-order valence-electron chi connectivity index (χ4n) is 9.28. The molecule has 340 valence electrons. The maximum Gasteiger partial charge on any atom is 0.195 e. The van der Waals surface area contributed by atoms with Crippen molar-refractivity contribution in [2.45, 2.75) is 59.4 Å². The van der Waals surface area contributed by atoms with E-state index in [0.717, 1.165) is 63.4 Å². The number of ketones is 1. The van der Waals surface area contributed by atoms with Gasteiger partial charge in [0, 0.05) is 58.3 Å². The second-order valence-corrected chi connectivity index (χ2v) is 18.8. The van der Waals surface area contributed by atoms with Crippen molar-refractivity contribution < 1.29 is 19.4 Å². The molecule has 1 aromatic heterocycles. The summed E-state index contributed by atoms with van der Waals surface area (Å²) in [6, 6.07) is 53.2. The van der Waals surface area contributed by atoms with Crippen molar-refractivity contribution in [2.24, 2.45) is 11.8 Å². The Morgan fingerprint density at radius 2 is 1.27 bits per heavy atom. The maximum atomic E-state index is 13.6. The van der Waals surface area contributed by atoms with E-state index in [1.807, 2.05) is 60.7 Å². The summed E-state index contributed by atoms with van der Waals surface area (Å²) in [5, 5.41) is 10.8. The summed E-state index contributed by atoms with van der Waals surface area (Å²) in [4.78, 5) is 19.5. The van der Waals surface area contributed by atoms with Crippen molar-refractivity contribution in [3.05, 3.63) is 186 Å². The third kappa shape index (κ3) is 11.3. The monoisotopic (exact) mass is 896 g/mol. The van der Waals surface area contributed by atoms with Gasteiger partial charge in [0.2, 0.25) is 0 Å². The molecule has 7 aromatic rings. The largest absolute Gasteiger partial charge is 0.508 e. The molecule has 3 heterocycles. The number of ether oxygens (including phenoxy) is 2. The van der Waals surface area contributed by atoms with Gasteiger partial charge in [-0.25, -0.2) is 0 Å². The molecule has 2 fully saturated rings. The van der Waals surface area contributed by atoms with Crippen molar-refractivity contribution in [1.82, 2.24) is 9.80 Å². The second kappa shape index (κ2) is 22.5. The predicted molar refractivity (Wildman–Crippen MR) is 275 cm³/mol. The molecule has 66 heavy (non-hydrogen) atoms. The minimum Gasteiger partial charge on any atom is -0.508 e. The maximum absolute atomic E-state index is 13.6. The summed E-state index contributed by atoms with van der Waals surface area (Å²) in [5.74, 6) is 3.60. The lowest BCUT2D eigenvalue weighted by molar-refractivity contribution is 0.0806. The Hall–Kier alpha value is -5.99. The first-order chi connectivity index (χ1) is 32.3. The molecule has 6 nitrogen and oxygen atoms in total. The summed E-state index contributed by atoms with van der Waals surface area (Å²) < 4.78 is 13.0. The summed E-state index contributed by atoms with van der Waals surface area (Å²) in [6.45, 7) is 16.2. The van der Waals surface area contributed by atoms with Gasteiger partial charge in [0.05, 0.1) is 0 Å². The Labute approximate surface area is 396 Å². The molecule has 0 amide bonds. The standard InChI is InChI=1S/C31H37NO.C28H27NO3S/c1-4-25-20-21-32(22-25)24(3)23-33-29-18-16-28(17-19-29)31(27-14-10-7-11-15-27)30(5-2)26-12-8-6-9-13-26;1-2-19-17-29(18-19)14-15-32-23-11-8-20(9-12-23)27(31)26-24-13-10-22(30)16-25(24)33-28(26)21-6-4-3-5-7-21/h6-19,24-25H,4-5,20-23H2,1-3H3;3-13,16,19,30H,2,14-15,17-18H2,1H3/b31-30+;/t24-,25+;/m1./s1. The number of rotatable bonds is 17. The molecule has 6 aromatic carbocycles. The number of phenolic OH excluding ortho intramolecular Hbond substituents is 1. The number of carbonyl (C=O) groups is 1. The first kappa shape index (κ1) is 46.5. The van der Waals surface area contributed by atoms with Crippen LogP contribution in [0.25, 0.3) is 31.7 Å². The average Bonchev–Trinajstić information content (AvgIpc) is 4.00. The first-order valence-electron chi connectivity index (χ1n) is 23.9. The van der Waals surface area contributed by atoms with Crippen molar-refractivity contribution in [3.8, 4) is 27.7 Å². The Morgan fingerprint density at radius 1 is 0.682 bits per heavy atom. The number of hydrogen-bond acceptors (Lipinski definition) is 7. The van der Waals surface area contributed by atoms with E-state index in [-0.39, 0.29) is 11.5 Å². The number of likely N-dealkylation sites (tertiary alicyclic amines) is 2. The van der Waals surface area contributed by atoms with Gasteiger partial charge in [-0.05, 0) is 126 Å². The zero-order valence-corrected chi connectivity index (χ0v) is 39.8. The van der Waals surface area contributed by atoms with Crippen molar-refractivity contribution in [3.63, 3.8) is 0 Å². The lowest BCUT2D eigenvalue weighted by atomic mass is 9.88. The van der Waals surface area contributed by atoms with Gasteiger partial charge < -0.3 is 14.6 Å². The van der Waals surface area contributed by atoms with Gasteiger partial charge in [-0.2, -0.15) is 0 Å². The van der Waals surface area contributed by atoms with E-state index in [2.05, 4.69) is 122 Å². The quantitative estimate of drug-likeness (QED) is 0.0726. The minimum atomic E-state index is -0.0245. The number of carbonyl (C=O) groups excluding carboxylic acids is 1. The summed E-state index contributed by atoms with van der Waals surface area (Å²) in [6.07, 6.45) is 4.83. The van der Waals surface area contributed by atoms with E-state index in [1.54, 1.807) is 12.1 Å². The van der Waals surface area contributed by atoms with Crippen LogP contribution in [0.15, 0.2) is 158 Å². The van der Waals surface area contributed by atoms with Crippen LogP contribution in [0, 0.1) is 11.8 Å². The number of fused-ring (bicyclic) bond motifs is 1. The molecular weight excluding hydrogens is 833 g/mol. The second-order valence-electron chi connectivity index (χ2n) is 17.8. The van der Waals surface area contributed by atoms with Crippen LogP contribution in [0.2, 0.25) is 0 Å². The number of benzene rings is 6. The molecule has 0 aliphatic carbocycles. The number of nitrogens with zero attached hydrogens (tertiary/aromatic N) is 2. The average molecular weight is 897 g/mol. The number of hydrogen-bond donors (Lipinski definition) is 1. The van der Waals surface area contributed by atoms with Crippen LogP contribution < -0.4 is 9.47 Å². The Morgan fingerprint density at radius 3 is 1.89 bits per heavy atom. The lowest BCUT2D eigenvalue weighted by Crippen LogP contribution is -2.47. The topological polar surface area (TPSA) is 62.2 Å². The van der Waals surface area contributed by atoms with E-state index < -0.39 is 0 Å². The van der Waals surface area contributed by atoms with Gasteiger partial charge in [-0.1, -0.05) is 137 Å². The molecule has 2 atom stereocenters. The number of thiophene rings is 1. The van der Waals surface area contributed by atoms with E-state index >= 15 is 0 Å². The highest BCUT2D eigenvalue weighted by Gasteiger charge is 2.26.